The van der Waals surface area contributed by atoms with E-state index in [2.05, 4.69) is 25.1 Å². The number of carbonyl (C=O) groups is 1. The molecule has 4 heteroatoms. The summed E-state index contributed by atoms with van der Waals surface area (Å²) in [5.41, 5.74) is 3.90. The number of hydrogen-bond acceptors (Lipinski definition) is 3. The van der Waals surface area contributed by atoms with E-state index in [1.807, 2.05) is 35.2 Å². The Labute approximate surface area is 159 Å². The topological polar surface area (TPSA) is 42.7 Å². The number of rotatable bonds is 5. The van der Waals surface area contributed by atoms with Crippen LogP contribution >= 0.6 is 0 Å². The molecule has 140 valence electrons. The number of furan rings is 1. The van der Waals surface area contributed by atoms with E-state index < -0.39 is 0 Å². The summed E-state index contributed by atoms with van der Waals surface area (Å²) in [7, 11) is 0. The third-order valence-electron chi connectivity index (χ3n) is 5.11. The second-order valence-corrected chi connectivity index (χ2v) is 7.05. The first-order valence-electron chi connectivity index (χ1n) is 9.74. The predicted molar refractivity (Wildman–Crippen MR) is 107 cm³/mol. The highest BCUT2D eigenvalue weighted by atomic mass is 16.5. The Balaban J connectivity index is 1.53. The van der Waals surface area contributed by atoms with Gasteiger partial charge in [-0.05, 0) is 47.9 Å². The zero-order valence-electron chi connectivity index (χ0n) is 15.7. The maximum atomic E-state index is 12.6. The smallest absolute Gasteiger partial charge is 0.254 e. The summed E-state index contributed by atoms with van der Waals surface area (Å²) in [5.74, 6) is 1.13. The van der Waals surface area contributed by atoms with Crippen molar-refractivity contribution < 1.29 is 13.9 Å². The van der Waals surface area contributed by atoms with Crippen LogP contribution in [-0.2, 0) is 11.2 Å². The Hall–Kier alpha value is -2.59. The maximum absolute atomic E-state index is 12.6. The minimum atomic E-state index is 0.0794. The molecule has 1 amide bonds. The SMILES string of the molecule is CCCCc1cc2cc(-c3ccc(C(=O)N4CCOCC4)cc3)ccc2o1. The molecular weight excluding hydrogens is 338 g/mol. The van der Waals surface area contributed by atoms with Crippen LogP contribution in [0.3, 0.4) is 0 Å². The molecule has 4 rings (SSSR count). The Kier molecular flexibility index (Phi) is 5.26. The predicted octanol–water partition coefficient (Wildman–Crippen LogP) is 4.91. The van der Waals surface area contributed by atoms with Crippen molar-refractivity contribution in [3.05, 3.63) is 59.9 Å². The Bertz CT molecular complexity index is 920. The summed E-state index contributed by atoms with van der Waals surface area (Å²) < 4.78 is 11.2. The molecule has 1 aliphatic heterocycles. The number of benzene rings is 2. The molecule has 1 saturated heterocycles. The van der Waals surface area contributed by atoms with E-state index in [0.717, 1.165) is 52.7 Å². The van der Waals surface area contributed by atoms with Crippen LogP contribution in [0.1, 0.15) is 35.9 Å². The van der Waals surface area contributed by atoms with E-state index in [1.165, 1.54) is 0 Å². The molecule has 3 aromatic rings. The van der Waals surface area contributed by atoms with Crippen LogP contribution in [0, 0.1) is 0 Å². The first-order chi connectivity index (χ1) is 13.2. The van der Waals surface area contributed by atoms with Gasteiger partial charge >= 0.3 is 0 Å². The fraction of sp³-hybridized carbons (Fsp3) is 0.348. The first kappa shape index (κ1) is 17.8. The van der Waals surface area contributed by atoms with Crippen molar-refractivity contribution in [1.29, 1.82) is 0 Å². The van der Waals surface area contributed by atoms with Crippen molar-refractivity contribution in [3.8, 4) is 11.1 Å². The quantitative estimate of drug-likeness (QED) is 0.646. The van der Waals surface area contributed by atoms with Crippen LogP contribution in [0.5, 0.6) is 0 Å². The normalized spacial score (nSPS) is 14.6. The van der Waals surface area contributed by atoms with Crippen LogP contribution in [0.15, 0.2) is 52.9 Å². The number of carbonyl (C=O) groups excluding carboxylic acids is 1. The second-order valence-electron chi connectivity index (χ2n) is 7.05. The summed E-state index contributed by atoms with van der Waals surface area (Å²) in [4.78, 5) is 14.4. The Morgan fingerprint density at radius 1 is 1.00 bits per heavy atom. The number of morpholine rings is 1. The molecule has 0 saturated carbocycles. The molecule has 2 heterocycles. The molecule has 1 aliphatic rings. The maximum Gasteiger partial charge on any atom is 0.254 e. The molecule has 1 fully saturated rings. The van der Waals surface area contributed by atoms with Crippen LogP contribution in [0.25, 0.3) is 22.1 Å². The number of nitrogens with zero attached hydrogens (tertiary/aromatic N) is 1. The fourth-order valence-electron chi connectivity index (χ4n) is 3.51. The van der Waals surface area contributed by atoms with E-state index in [9.17, 15) is 4.79 Å². The van der Waals surface area contributed by atoms with Gasteiger partial charge in [0.25, 0.3) is 5.91 Å². The van der Waals surface area contributed by atoms with Gasteiger partial charge in [0.05, 0.1) is 13.2 Å². The fourth-order valence-corrected chi connectivity index (χ4v) is 3.51. The Morgan fingerprint density at radius 3 is 2.48 bits per heavy atom. The van der Waals surface area contributed by atoms with E-state index >= 15 is 0 Å². The summed E-state index contributed by atoms with van der Waals surface area (Å²) in [6.07, 6.45) is 3.29. The highest BCUT2D eigenvalue weighted by Gasteiger charge is 2.18. The zero-order valence-corrected chi connectivity index (χ0v) is 15.7. The lowest BCUT2D eigenvalue weighted by molar-refractivity contribution is 0.0303. The number of ether oxygens (including phenoxy) is 1. The summed E-state index contributed by atoms with van der Waals surface area (Å²) in [6, 6.07) is 16.3. The first-order valence-corrected chi connectivity index (χ1v) is 9.74. The molecule has 0 aliphatic carbocycles. The van der Waals surface area contributed by atoms with Crippen molar-refractivity contribution in [1.82, 2.24) is 4.90 Å². The highest BCUT2D eigenvalue weighted by Crippen LogP contribution is 2.27. The molecule has 0 unspecified atom stereocenters. The number of hydrogen-bond donors (Lipinski definition) is 0. The molecule has 0 bridgehead atoms. The van der Waals surface area contributed by atoms with Gasteiger partial charge in [-0.3, -0.25) is 4.79 Å². The average molecular weight is 363 g/mol. The van der Waals surface area contributed by atoms with E-state index in [4.69, 9.17) is 9.15 Å². The third-order valence-corrected chi connectivity index (χ3v) is 5.11. The molecule has 2 aromatic carbocycles. The standard InChI is InChI=1S/C23H25NO3/c1-2-3-4-21-16-20-15-19(9-10-22(20)27-21)17-5-7-18(8-6-17)23(25)24-11-13-26-14-12-24/h5-10,15-16H,2-4,11-14H2,1H3. The van der Waals surface area contributed by atoms with E-state index in [1.54, 1.807) is 0 Å². The van der Waals surface area contributed by atoms with Gasteiger partial charge in [0.1, 0.15) is 11.3 Å². The highest BCUT2D eigenvalue weighted by molar-refractivity contribution is 5.95. The van der Waals surface area contributed by atoms with Crippen LogP contribution in [-0.4, -0.2) is 37.1 Å². The number of unbranched alkanes of at least 4 members (excludes halogenated alkanes) is 1. The monoisotopic (exact) mass is 363 g/mol. The van der Waals surface area contributed by atoms with Crippen molar-refractivity contribution in [3.63, 3.8) is 0 Å². The Morgan fingerprint density at radius 2 is 1.74 bits per heavy atom. The minimum Gasteiger partial charge on any atom is -0.461 e. The number of fused-ring (bicyclic) bond motifs is 1. The van der Waals surface area contributed by atoms with Crippen LogP contribution in [0.4, 0.5) is 0 Å². The van der Waals surface area contributed by atoms with Gasteiger partial charge in [-0.1, -0.05) is 31.5 Å². The lowest BCUT2D eigenvalue weighted by atomic mass is 10.0. The molecule has 27 heavy (non-hydrogen) atoms. The van der Waals surface area contributed by atoms with Gasteiger partial charge in [-0.2, -0.15) is 0 Å². The molecular formula is C23H25NO3. The van der Waals surface area contributed by atoms with Gasteiger partial charge in [0.15, 0.2) is 0 Å². The third kappa shape index (κ3) is 3.91. The van der Waals surface area contributed by atoms with E-state index in [-0.39, 0.29) is 5.91 Å². The van der Waals surface area contributed by atoms with Crippen molar-refractivity contribution in [2.75, 3.05) is 26.3 Å². The second kappa shape index (κ2) is 7.97. The number of amides is 1. The molecule has 4 nitrogen and oxygen atoms in total. The van der Waals surface area contributed by atoms with Gasteiger partial charge in [0.2, 0.25) is 0 Å². The minimum absolute atomic E-state index is 0.0794. The van der Waals surface area contributed by atoms with Gasteiger partial charge < -0.3 is 14.1 Å². The zero-order chi connectivity index (χ0) is 18.6. The van der Waals surface area contributed by atoms with Crippen molar-refractivity contribution in [2.24, 2.45) is 0 Å². The van der Waals surface area contributed by atoms with Crippen molar-refractivity contribution >= 4 is 16.9 Å². The average Bonchev–Trinajstić information content (AvgIpc) is 3.14. The van der Waals surface area contributed by atoms with Crippen LogP contribution in [0.2, 0.25) is 0 Å². The molecule has 0 atom stereocenters. The number of aryl methyl sites for hydroxylation is 1. The van der Waals surface area contributed by atoms with Crippen LogP contribution < -0.4 is 0 Å². The lowest BCUT2D eigenvalue weighted by Gasteiger charge is -2.26. The lowest BCUT2D eigenvalue weighted by Crippen LogP contribution is -2.40. The molecule has 0 N–H and O–H groups in total. The van der Waals surface area contributed by atoms with Gasteiger partial charge in [-0.25, -0.2) is 0 Å². The van der Waals surface area contributed by atoms with Gasteiger partial charge in [-0.15, -0.1) is 0 Å². The summed E-state index contributed by atoms with van der Waals surface area (Å²) in [6.45, 7) is 4.76. The molecule has 0 radical (unpaired) electrons. The van der Waals surface area contributed by atoms with Gasteiger partial charge in [0, 0.05) is 30.5 Å². The van der Waals surface area contributed by atoms with E-state index in [0.29, 0.717) is 26.3 Å². The van der Waals surface area contributed by atoms with Crippen molar-refractivity contribution in [2.45, 2.75) is 26.2 Å². The largest absolute Gasteiger partial charge is 0.461 e. The summed E-state index contributed by atoms with van der Waals surface area (Å²) >= 11 is 0. The molecule has 1 aromatic heterocycles. The molecule has 0 spiro atoms. The summed E-state index contributed by atoms with van der Waals surface area (Å²) in [5, 5.41) is 1.13.